The van der Waals surface area contributed by atoms with Gasteiger partial charge in [0.1, 0.15) is 10.4 Å². The summed E-state index contributed by atoms with van der Waals surface area (Å²) in [5, 5.41) is 14.0. The highest BCUT2D eigenvalue weighted by Gasteiger charge is 2.53. The Kier molecular flexibility index (Phi) is 2.61. The Hall–Kier alpha value is -0.720. The zero-order chi connectivity index (χ0) is 12.0. The zero-order valence-corrected chi connectivity index (χ0v) is 11.9. The first-order valence-corrected chi connectivity index (χ1v) is 7.61. The number of hydrogen-bond acceptors (Lipinski definition) is 4. The molecule has 0 radical (unpaired) electrons. The summed E-state index contributed by atoms with van der Waals surface area (Å²) in [4.78, 5) is 16.7. The van der Waals surface area contributed by atoms with Crippen molar-refractivity contribution >= 4 is 44.6 Å². The number of halogens is 1. The quantitative estimate of drug-likeness (QED) is 0.932. The van der Waals surface area contributed by atoms with Crippen molar-refractivity contribution in [3.63, 3.8) is 0 Å². The van der Waals surface area contributed by atoms with Crippen LogP contribution in [-0.4, -0.2) is 16.1 Å². The van der Waals surface area contributed by atoms with Crippen LogP contribution in [0.4, 0.5) is 0 Å². The molecule has 1 saturated carbocycles. The minimum atomic E-state index is -0.748. The maximum Gasteiger partial charge on any atom is 0.315 e. The van der Waals surface area contributed by atoms with Crippen molar-refractivity contribution in [2.45, 2.75) is 18.3 Å². The van der Waals surface area contributed by atoms with Crippen molar-refractivity contribution in [2.75, 3.05) is 0 Å². The lowest BCUT2D eigenvalue weighted by Gasteiger charge is -2.04. The van der Waals surface area contributed by atoms with Crippen LogP contribution in [0.5, 0.6) is 0 Å². The molecule has 1 aliphatic carbocycles. The summed E-state index contributed by atoms with van der Waals surface area (Å²) in [5.74, 6) is -0.748. The number of nitrogens with zero attached hydrogens (tertiary/aromatic N) is 1. The molecule has 2 aromatic rings. The van der Waals surface area contributed by atoms with E-state index in [0.29, 0.717) is 12.8 Å². The molecule has 0 aliphatic heterocycles. The molecule has 88 valence electrons. The topological polar surface area (TPSA) is 50.2 Å². The Balaban J connectivity index is 1.96. The Morgan fingerprint density at radius 3 is 2.71 bits per heavy atom. The van der Waals surface area contributed by atoms with Crippen molar-refractivity contribution < 1.29 is 9.90 Å². The third kappa shape index (κ3) is 1.84. The molecule has 17 heavy (non-hydrogen) atoms. The first-order chi connectivity index (χ1) is 8.12. The fourth-order valence-electron chi connectivity index (χ4n) is 1.74. The first kappa shape index (κ1) is 11.4. The number of thiazole rings is 1. The van der Waals surface area contributed by atoms with E-state index in [9.17, 15) is 9.90 Å². The zero-order valence-electron chi connectivity index (χ0n) is 8.64. The Morgan fingerprint density at radius 1 is 1.41 bits per heavy atom. The lowest BCUT2D eigenvalue weighted by Crippen LogP contribution is -2.19. The predicted octanol–water partition coefficient (Wildman–Crippen LogP) is 3.75. The van der Waals surface area contributed by atoms with E-state index in [4.69, 9.17) is 0 Å². The van der Waals surface area contributed by atoms with Gasteiger partial charge < -0.3 is 5.11 Å². The van der Waals surface area contributed by atoms with E-state index in [0.717, 1.165) is 20.1 Å². The monoisotopic (exact) mass is 329 g/mol. The normalized spacial score (nSPS) is 17.0. The minimum Gasteiger partial charge on any atom is -0.481 e. The lowest BCUT2D eigenvalue weighted by atomic mass is 10.1. The second kappa shape index (κ2) is 3.90. The summed E-state index contributed by atoms with van der Waals surface area (Å²) in [6, 6.07) is 2.01. The van der Waals surface area contributed by atoms with E-state index in [1.807, 2.05) is 16.8 Å². The van der Waals surface area contributed by atoms with Crippen LogP contribution in [0.25, 0.3) is 9.88 Å². The van der Waals surface area contributed by atoms with Crippen LogP contribution >= 0.6 is 38.6 Å². The average Bonchev–Trinajstić information content (AvgIpc) is 2.76. The summed E-state index contributed by atoms with van der Waals surface area (Å²) in [7, 11) is 0. The molecule has 1 aliphatic rings. The number of rotatable bonds is 3. The van der Waals surface area contributed by atoms with Crippen molar-refractivity contribution in [1.82, 2.24) is 4.98 Å². The molecule has 0 spiro atoms. The van der Waals surface area contributed by atoms with Crippen molar-refractivity contribution in [1.29, 1.82) is 0 Å². The molecule has 1 fully saturated rings. The van der Waals surface area contributed by atoms with Crippen molar-refractivity contribution in [3.8, 4) is 9.88 Å². The Labute approximate surface area is 114 Å². The van der Waals surface area contributed by atoms with Gasteiger partial charge in [-0.05, 0) is 34.8 Å². The van der Waals surface area contributed by atoms with Gasteiger partial charge in [0.05, 0.1) is 10.6 Å². The second-order valence-electron chi connectivity index (χ2n) is 4.05. The van der Waals surface area contributed by atoms with Crippen LogP contribution in [0.3, 0.4) is 0 Å². The minimum absolute atomic E-state index is 0.691. The number of aromatic nitrogens is 1. The summed E-state index contributed by atoms with van der Waals surface area (Å²) < 4.78 is 1.04. The number of carboxylic acids is 1. The Morgan fingerprint density at radius 2 is 2.18 bits per heavy atom. The van der Waals surface area contributed by atoms with Gasteiger partial charge in [-0.15, -0.1) is 22.7 Å². The van der Waals surface area contributed by atoms with Gasteiger partial charge in [0.25, 0.3) is 0 Å². The van der Waals surface area contributed by atoms with Gasteiger partial charge in [0, 0.05) is 15.2 Å². The van der Waals surface area contributed by atoms with Gasteiger partial charge in [-0.1, -0.05) is 0 Å². The number of carbonyl (C=O) groups is 1. The second-order valence-corrected chi connectivity index (χ2v) is 6.74. The van der Waals surface area contributed by atoms with Gasteiger partial charge in [-0.2, -0.15) is 0 Å². The predicted molar refractivity (Wildman–Crippen MR) is 71.7 cm³/mol. The van der Waals surface area contributed by atoms with Gasteiger partial charge >= 0.3 is 5.97 Å². The Bertz CT molecular complexity index is 586. The third-order valence-electron chi connectivity index (χ3n) is 2.93. The van der Waals surface area contributed by atoms with Gasteiger partial charge in [-0.3, -0.25) is 4.79 Å². The molecule has 0 amide bonds. The maximum atomic E-state index is 11.2. The SMILES string of the molecule is O=C(O)C1(c2csc(-c3cc(Br)cs3)n2)CC1. The molecule has 3 rings (SSSR count). The van der Waals surface area contributed by atoms with Crippen LogP contribution in [0, 0.1) is 0 Å². The van der Waals surface area contributed by atoms with Crippen molar-refractivity contribution in [2.24, 2.45) is 0 Å². The van der Waals surface area contributed by atoms with Crippen molar-refractivity contribution in [3.05, 3.63) is 27.0 Å². The van der Waals surface area contributed by atoms with Gasteiger partial charge in [0.2, 0.25) is 0 Å². The fourth-order valence-corrected chi connectivity index (χ4v) is 4.16. The van der Waals surface area contributed by atoms with E-state index < -0.39 is 11.4 Å². The fraction of sp³-hybridized carbons (Fsp3) is 0.273. The van der Waals surface area contributed by atoms with E-state index in [2.05, 4.69) is 20.9 Å². The molecule has 2 heterocycles. The van der Waals surface area contributed by atoms with Crippen LogP contribution in [0.15, 0.2) is 21.3 Å². The highest BCUT2D eigenvalue weighted by molar-refractivity contribution is 9.10. The molecular weight excluding hydrogens is 322 g/mol. The maximum absolute atomic E-state index is 11.2. The largest absolute Gasteiger partial charge is 0.481 e. The average molecular weight is 330 g/mol. The number of hydrogen-bond donors (Lipinski definition) is 1. The molecule has 0 atom stereocenters. The number of carboxylic acid groups (broad SMARTS) is 1. The third-order valence-corrected chi connectivity index (χ3v) is 5.63. The summed E-state index contributed by atoms with van der Waals surface area (Å²) in [6.07, 6.45) is 1.42. The first-order valence-electron chi connectivity index (χ1n) is 5.06. The molecular formula is C11H8BrNO2S2. The van der Waals surface area contributed by atoms with Crippen LogP contribution < -0.4 is 0 Å². The number of aliphatic carboxylic acids is 1. The molecule has 1 N–H and O–H groups in total. The van der Waals surface area contributed by atoms with E-state index in [1.54, 1.807) is 11.3 Å². The van der Waals surface area contributed by atoms with Gasteiger partial charge in [0.15, 0.2) is 0 Å². The van der Waals surface area contributed by atoms with Gasteiger partial charge in [-0.25, -0.2) is 4.98 Å². The molecule has 0 aromatic carbocycles. The molecule has 0 unspecified atom stereocenters. The molecule has 0 bridgehead atoms. The molecule has 3 nitrogen and oxygen atoms in total. The standard InChI is InChI=1S/C11H8BrNO2S2/c12-6-3-7(16-4-6)9-13-8(5-17-9)11(1-2-11)10(14)15/h3-5H,1-2H2,(H,14,15). The van der Waals surface area contributed by atoms with Crippen LogP contribution in [0.2, 0.25) is 0 Å². The molecule has 6 heteroatoms. The molecule has 0 saturated heterocycles. The highest BCUT2D eigenvalue weighted by Crippen LogP contribution is 2.49. The smallest absolute Gasteiger partial charge is 0.315 e. The van der Waals surface area contributed by atoms with E-state index >= 15 is 0 Å². The van der Waals surface area contributed by atoms with E-state index in [1.165, 1.54) is 11.3 Å². The van der Waals surface area contributed by atoms with E-state index in [-0.39, 0.29) is 0 Å². The summed E-state index contributed by atoms with van der Waals surface area (Å²) in [6.45, 7) is 0. The summed E-state index contributed by atoms with van der Waals surface area (Å²) in [5.41, 5.74) is 0.0259. The number of thiophene rings is 1. The van der Waals surface area contributed by atoms with Crippen LogP contribution in [0.1, 0.15) is 18.5 Å². The molecule has 2 aromatic heterocycles. The summed E-state index contributed by atoms with van der Waals surface area (Å²) >= 11 is 6.53. The highest BCUT2D eigenvalue weighted by atomic mass is 79.9. The van der Waals surface area contributed by atoms with Crippen LogP contribution in [-0.2, 0) is 10.2 Å². The lowest BCUT2D eigenvalue weighted by molar-refractivity contribution is -0.140.